The summed E-state index contributed by atoms with van der Waals surface area (Å²) < 4.78 is 12.8. The summed E-state index contributed by atoms with van der Waals surface area (Å²) in [5.74, 6) is 0.673. The molecule has 3 heterocycles. The minimum atomic E-state index is -0.488. The van der Waals surface area contributed by atoms with Gasteiger partial charge in [0.2, 0.25) is 0 Å². The van der Waals surface area contributed by atoms with E-state index in [0.29, 0.717) is 5.82 Å². The van der Waals surface area contributed by atoms with Gasteiger partial charge in [-0.2, -0.15) is 0 Å². The van der Waals surface area contributed by atoms with Gasteiger partial charge < -0.3 is 9.31 Å². The van der Waals surface area contributed by atoms with Crippen LogP contribution < -0.4 is 5.46 Å². The number of hydrogen-bond acceptors (Lipinski definition) is 5. The molecule has 7 rings (SSSR count). The predicted molar refractivity (Wildman–Crippen MR) is 175 cm³/mol. The van der Waals surface area contributed by atoms with Crippen LogP contribution in [0.1, 0.15) is 27.7 Å². The Morgan fingerprint density at radius 2 is 1.14 bits per heavy atom. The maximum Gasteiger partial charge on any atom is 0.494 e. The van der Waals surface area contributed by atoms with E-state index in [4.69, 9.17) is 24.3 Å². The number of pyridine rings is 1. The number of benzene rings is 4. The minimum Gasteiger partial charge on any atom is -0.399 e. The molecule has 0 spiro atoms. The lowest BCUT2D eigenvalue weighted by Gasteiger charge is -2.32. The van der Waals surface area contributed by atoms with Crippen LogP contribution in [-0.2, 0) is 9.31 Å². The fourth-order valence-corrected chi connectivity index (χ4v) is 5.47. The third kappa shape index (κ3) is 5.14. The summed E-state index contributed by atoms with van der Waals surface area (Å²) in [6.45, 7) is 8.29. The van der Waals surface area contributed by atoms with Crippen LogP contribution in [0.25, 0.3) is 55.9 Å². The molecule has 0 atom stereocenters. The van der Waals surface area contributed by atoms with Gasteiger partial charge in [0, 0.05) is 28.3 Å². The number of fused-ring (bicyclic) bond motifs is 1. The third-order valence-corrected chi connectivity index (χ3v) is 8.57. The highest BCUT2D eigenvalue weighted by atomic mass is 16.7. The molecule has 0 radical (unpaired) electrons. The van der Waals surface area contributed by atoms with E-state index in [0.717, 1.165) is 55.6 Å². The van der Waals surface area contributed by atoms with Crippen molar-refractivity contribution < 1.29 is 9.31 Å². The quantitative estimate of drug-likeness (QED) is 0.200. The van der Waals surface area contributed by atoms with Crippen molar-refractivity contribution in [1.29, 1.82) is 0 Å². The van der Waals surface area contributed by atoms with Gasteiger partial charge in [-0.15, -0.1) is 0 Å². The second-order valence-corrected chi connectivity index (χ2v) is 12.0. The molecular formula is C37H32BN3O2. The Labute approximate surface area is 252 Å². The van der Waals surface area contributed by atoms with Crippen molar-refractivity contribution in [2.45, 2.75) is 38.9 Å². The van der Waals surface area contributed by atoms with Crippen molar-refractivity contribution >= 4 is 23.5 Å². The van der Waals surface area contributed by atoms with Crippen LogP contribution in [0.15, 0.2) is 121 Å². The zero-order valence-electron chi connectivity index (χ0n) is 24.8. The van der Waals surface area contributed by atoms with Crippen molar-refractivity contribution in [2.75, 3.05) is 0 Å². The molecule has 43 heavy (non-hydrogen) atoms. The van der Waals surface area contributed by atoms with Crippen LogP contribution in [-0.4, -0.2) is 33.3 Å². The first-order valence-corrected chi connectivity index (χ1v) is 14.6. The summed E-state index contributed by atoms with van der Waals surface area (Å²) in [6.07, 6.45) is 1.82. The maximum atomic E-state index is 6.42. The monoisotopic (exact) mass is 561 g/mol. The van der Waals surface area contributed by atoms with Crippen LogP contribution in [0.2, 0.25) is 0 Å². The summed E-state index contributed by atoms with van der Waals surface area (Å²) in [5, 5.41) is 1.06. The molecule has 1 aliphatic rings. The van der Waals surface area contributed by atoms with E-state index < -0.39 is 18.3 Å². The molecule has 0 unspecified atom stereocenters. The van der Waals surface area contributed by atoms with Gasteiger partial charge >= 0.3 is 7.12 Å². The van der Waals surface area contributed by atoms with Crippen molar-refractivity contribution in [3.8, 4) is 45.0 Å². The standard InChI is InChI=1S/C37H32BN3O2/c1-36(2)37(3,4)43-38(42-36)29-22-31(30-19-12-20-39-34(30)23-29)27-17-11-18-28(21-27)35-40-32(25-13-7-5-8-14-25)24-33(41-35)26-15-9-6-10-16-26/h5-24H,1-4H3. The van der Waals surface area contributed by atoms with E-state index >= 15 is 0 Å². The Balaban J connectivity index is 1.36. The van der Waals surface area contributed by atoms with Gasteiger partial charge in [-0.3, -0.25) is 4.98 Å². The fraction of sp³-hybridized carbons (Fsp3) is 0.162. The summed E-state index contributed by atoms with van der Waals surface area (Å²) in [4.78, 5) is 14.8. The van der Waals surface area contributed by atoms with Gasteiger partial charge in [0.15, 0.2) is 5.82 Å². The SMILES string of the molecule is CC1(C)OB(c2cc(-c3cccc(-c4nc(-c5ccccc5)cc(-c5ccccc5)n4)c3)c3cccnc3c2)OC1(C)C. The highest BCUT2D eigenvalue weighted by Crippen LogP contribution is 2.38. The summed E-state index contributed by atoms with van der Waals surface area (Å²) in [7, 11) is -0.488. The summed E-state index contributed by atoms with van der Waals surface area (Å²) in [6, 6.07) is 39.3. The van der Waals surface area contributed by atoms with E-state index in [-0.39, 0.29) is 0 Å². The second kappa shape index (κ2) is 10.6. The smallest absolute Gasteiger partial charge is 0.399 e. The van der Waals surface area contributed by atoms with Crippen LogP contribution in [0, 0.1) is 0 Å². The summed E-state index contributed by atoms with van der Waals surface area (Å²) >= 11 is 0. The van der Waals surface area contributed by atoms with Crippen molar-refractivity contribution in [1.82, 2.24) is 15.0 Å². The van der Waals surface area contributed by atoms with Gasteiger partial charge in [-0.1, -0.05) is 91.0 Å². The largest absolute Gasteiger partial charge is 0.494 e. The lowest BCUT2D eigenvalue weighted by molar-refractivity contribution is 0.00578. The first-order chi connectivity index (χ1) is 20.8. The number of aromatic nitrogens is 3. The Bertz CT molecular complexity index is 1870. The average Bonchev–Trinajstić information content (AvgIpc) is 3.27. The number of nitrogens with zero attached hydrogens (tertiary/aromatic N) is 3. The summed E-state index contributed by atoms with van der Waals surface area (Å²) in [5.41, 5.74) is 7.86. The third-order valence-electron chi connectivity index (χ3n) is 8.57. The molecule has 0 amide bonds. The van der Waals surface area contributed by atoms with Crippen LogP contribution in [0.3, 0.4) is 0 Å². The normalized spacial score (nSPS) is 15.6. The molecule has 5 nitrogen and oxygen atoms in total. The Hall–Kier alpha value is -4.65. The molecule has 6 aromatic rings. The van der Waals surface area contributed by atoms with Gasteiger partial charge in [-0.25, -0.2) is 9.97 Å². The second-order valence-electron chi connectivity index (χ2n) is 12.0. The van der Waals surface area contributed by atoms with E-state index in [9.17, 15) is 0 Å². The van der Waals surface area contributed by atoms with E-state index in [1.165, 1.54) is 0 Å². The van der Waals surface area contributed by atoms with Crippen LogP contribution >= 0.6 is 0 Å². The molecule has 0 saturated carbocycles. The van der Waals surface area contributed by atoms with E-state index in [1.54, 1.807) is 0 Å². The zero-order valence-corrected chi connectivity index (χ0v) is 24.8. The highest BCUT2D eigenvalue weighted by Gasteiger charge is 2.51. The average molecular weight is 561 g/mol. The Morgan fingerprint density at radius 3 is 1.77 bits per heavy atom. The Kier molecular flexibility index (Phi) is 6.68. The molecule has 0 N–H and O–H groups in total. The molecule has 2 aromatic heterocycles. The molecule has 4 aromatic carbocycles. The van der Waals surface area contributed by atoms with Crippen molar-refractivity contribution in [3.05, 3.63) is 121 Å². The maximum absolute atomic E-state index is 6.42. The molecule has 1 saturated heterocycles. The molecular weight excluding hydrogens is 529 g/mol. The van der Waals surface area contributed by atoms with E-state index in [2.05, 4.69) is 100 Å². The molecule has 1 fully saturated rings. The topological polar surface area (TPSA) is 57.1 Å². The minimum absolute atomic E-state index is 0.436. The molecule has 0 bridgehead atoms. The van der Waals surface area contributed by atoms with Crippen LogP contribution in [0.4, 0.5) is 0 Å². The first-order valence-electron chi connectivity index (χ1n) is 14.6. The lowest BCUT2D eigenvalue weighted by atomic mass is 9.77. The molecule has 210 valence electrons. The molecule has 0 aliphatic carbocycles. The van der Waals surface area contributed by atoms with Gasteiger partial charge in [0.05, 0.1) is 28.1 Å². The van der Waals surface area contributed by atoms with Gasteiger partial charge in [0.25, 0.3) is 0 Å². The van der Waals surface area contributed by atoms with Crippen LogP contribution in [0.5, 0.6) is 0 Å². The molecule has 6 heteroatoms. The van der Waals surface area contributed by atoms with Crippen molar-refractivity contribution in [2.24, 2.45) is 0 Å². The van der Waals surface area contributed by atoms with Gasteiger partial charge in [-0.05, 0) is 68.6 Å². The van der Waals surface area contributed by atoms with E-state index in [1.807, 2.05) is 48.7 Å². The van der Waals surface area contributed by atoms with Gasteiger partial charge in [0.1, 0.15) is 0 Å². The lowest BCUT2D eigenvalue weighted by Crippen LogP contribution is -2.41. The molecule has 1 aliphatic heterocycles. The Morgan fingerprint density at radius 1 is 0.558 bits per heavy atom. The number of rotatable bonds is 5. The zero-order chi connectivity index (χ0) is 29.6. The first kappa shape index (κ1) is 27.2. The predicted octanol–water partition coefficient (Wildman–Crippen LogP) is 7.99. The highest BCUT2D eigenvalue weighted by molar-refractivity contribution is 6.62. The van der Waals surface area contributed by atoms with Crippen molar-refractivity contribution in [3.63, 3.8) is 0 Å². The fourth-order valence-electron chi connectivity index (χ4n) is 5.47. The number of hydrogen-bond donors (Lipinski definition) is 0.